The summed E-state index contributed by atoms with van der Waals surface area (Å²) in [5.41, 5.74) is 1.70. The summed E-state index contributed by atoms with van der Waals surface area (Å²) in [4.78, 5) is 0. The van der Waals surface area contributed by atoms with E-state index in [2.05, 4.69) is 0 Å². The van der Waals surface area contributed by atoms with Crippen LogP contribution in [0.15, 0.2) is 36.4 Å². The molecule has 9 nitrogen and oxygen atoms in total. The number of aliphatic hydroxyl groups excluding tert-OH is 4. The number of phenols is 1. The first-order chi connectivity index (χ1) is 14.9. The Hall–Kier alpha value is -2.56. The van der Waals surface area contributed by atoms with Gasteiger partial charge in [0.15, 0.2) is 0 Å². The molecule has 0 saturated carbocycles. The Bertz CT molecular complexity index is 916. The third kappa shape index (κ3) is 4.28. The van der Waals surface area contributed by atoms with Gasteiger partial charge in [-0.3, -0.25) is 0 Å². The molecule has 1 fully saturated rings. The molecule has 0 aliphatic carbocycles. The summed E-state index contributed by atoms with van der Waals surface area (Å²) < 4.78 is 22.0. The number of ether oxygens (including phenoxy) is 4. The minimum Gasteiger partial charge on any atom is -0.508 e. The molecule has 2 aromatic carbocycles. The molecule has 2 aromatic rings. The predicted molar refractivity (Wildman–Crippen MR) is 107 cm³/mol. The second kappa shape index (κ2) is 8.89. The molecule has 2 aliphatic rings. The lowest BCUT2D eigenvalue weighted by Gasteiger charge is -2.39. The van der Waals surface area contributed by atoms with Gasteiger partial charge in [-0.1, -0.05) is 12.1 Å². The first kappa shape index (κ1) is 21.7. The number of aliphatic hydroxyl groups is 4. The molecule has 0 aromatic heterocycles. The largest absolute Gasteiger partial charge is 0.508 e. The maximum atomic E-state index is 10.3. The van der Waals surface area contributed by atoms with E-state index in [-0.39, 0.29) is 11.7 Å². The van der Waals surface area contributed by atoms with Crippen molar-refractivity contribution in [3.63, 3.8) is 0 Å². The van der Waals surface area contributed by atoms with Gasteiger partial charge in [-0.25, -0.2) is 0 Å². The number of hydrogen-bond acceptors (Lipinski definition) is 9. The Kier molecular flexibility index (Phi) is 6.22. The number of benzene rings is 2. The van der Waals surface area contributed by atoms with Crippen LogP contribution in [0.25, 0.3) is 0 Å². The second-order valence-electron chi connectivity index (χ2n) is 7.72. The van der Waals surface area contributed by atoms with Gasteiger partial charge in [0.1, 0.15) is 47.4 Å². The van der Waals surface area contributed by atoms with Crippen LogP contribution in [0.1, 0.15) is 17.0 Å². The molecule has 4 rings (SSSR count). The molecule has 2 aliphatic heterocycles. The molecular formula is C22H26O9. The highest BCUT2D eigenvalue weighted by Crippen LogP contribution is 2.39. The van der Waals surface area contributed by atoms with E-state index in [9.17, 15) is 25.5 Å². The molecule has 0 unspecified atom stereocenters. The van der Waals surface area contributed by atoms with Crippen LogP contribution in [0.4, 0.5) is 0 Å². The Balaban J connectivity index is 1.47. The normalized spacial score (nSPS) is 30.2. The van der Waals surface area contributed by atoms with E-state index in [1.807, 2.05) is 12.1 Å². The van der Waals surface area contributed by atoms with E-state index in [1.165, 1.54) is 7.11 Å². The van der Waals surface area contributed by atoms with Crippen molar-refractivity contribution >= 4 is 0 Å². The summed E-state index contributed by atoms with van der Waals surface area (Å²) in [6.07, 6.45) is -6.11. The van der Waals surface area contributed by atoms with Crippen molar-refractivity contribution in [2.75, 3.05) is 20.3 Å². The van der Waals surface area contributed by atoms with Crippen molar-refractivity contribution in [1.82, 2.24) is 0 Å². The zero-order chi connectivity index (χ0) is 22.1. The highest BCUT2D eigenvalue weighted by atomic mass is 16.7. The highest BCUT2D eigenvalue weighted by molar-refractivity contribution is 5.47. The van der Waals surface area contributed by atoms with Crippen molar-refractivity contribution < 1.29 is 44.5 Å². The number of fused-ring (bicyclic) bond motifs is 1. The molecule has 1 saturated heterocycles. The molecule has 2 heterocycles. The lowest BCUT2D eigenvalue weighted by molar-refractivity contribution is -0.277. The zero-order valence-corrected chi connectivity index (χ0v) is 16.9. The van der Waals surface area contributed by atoms with Gasteiger partial charge in [-0.2, -0.15) is 0 Å². The number of aromatic hydroxyl groups is 1. The molecule has 0 amide bonds. The summed E-state index contributed by atoms with van der Waals surface area (Å²) in [5.74, 6) is 1.64. The standard InChI is InChI=1S/C22H26O9/c1-28-13-4-5-15(16(24)7-13)12-6-11-2-3-14(8-17(11)29-10-12)30-22-21(27)20(26)19(25)18(9-23)31-22/h2-5,7-8,12,18-27H,6,9-10H2,1H3/t12-,18+,19+,20-,21+,22+/m0/s1. The van der Waals surface area contributed by atoms with E-state index >= 15 is 0 Å². The molecule has 5 N–H and O–H groups in total. The minimum atomic E-state index is -1.51. The maximum absolute atomic E-state index is 10.3. The maximum Gasteiger partial charge on any atom is 0.229 e. The molecular weight excluding hydrogens is 408 g/mol. The van der Waals surface area contributed by atoms with Gasteiger partial charge in [-0.15, -0.1) is 0 Å². The Morgan fingerprint density at radius 3 is 2.48 bits per heavy atom. The number of hydrogen-bond donors (Lipinski definition) is 5. The summed E-state index contributed by atoms with van der Waals surface area (Å²) in [6, 6.07) is 10.3. The van der Waals surface area contributed by atoms with Crippen LogP contribution in [-0.2, 0) is 11.2 Å². The SMILES string of the molecule is COc1ccc([C@@H]2COc3cc(O[C@@H]4O[C@H](CO)[C@@H](O)[C@H](O)[C@H]4O)ccc3C2)c(O)c1. The van der Waals surface area contributed by atoms with Gasteiger partial charge in [0.2, 0.25) is 6.29 Å². The number of rotatable bonds is 5. The van der Waals surface area contributed by atoms with Crippen molar-refractivity contribution in [3.05, 3.63) is 47.5 Å². The lowest BCUT2D eigenvalue weighted by Crippen LogP contribution is -2.60. The van der Waals surface area contributed by atoms with Gasteiger partial charge < -0.3 is 44.5 Å². The van der Waals surface area contributed by atoms with Crippen LogP contribution in [0, 0.1) is 0 Å². The first-order valence-corrected chi connectivity index (χ1v) is 10.0. The van der Waals surface area contributed by atoms with Crippen LogP contribution < -0.4 is 14.2 Å². The van der Waals surface area contributed by atoms with Gasteiger partial charge >= 0.3 is 0 Å². The average Bonchev–Trinajstić information content (AvgIpc) is 2.79. The zero-order valence-electron chi connectivity index (χ0n) is 16.9. The smallest absolute Gasteiger partial charge is 0.229 e. The first-order valence-electron chi connectivity index (χ1n) is 10.0. The highest BCUT2D eigenvalue weighted by Gasteiger charge is 2.44. The second-order valence-corrected chi connectivity index (χ2v) is 7.72. The van der Waals surface area contributed by atoms with Gasteiger partial charge in [-0.05, 0) is 24.1 Å². The molecule has 31 heavy (non-hydrogen) atoms. The third-order valence-electron chi connectivity index (χ3n) is 5.72. The fourth-order valence-electron chi connectivity index (χ4n) is 3.92. The van der Waals surface area contributed by atoms with Crippen LogP contribution in [0.2, 0.25) is 0 Å². The van der Waals surface area contributed by atoms with Gasteiger partial charge in [0.05, 0.1) is 20.3 Å². The van der Waals surface area contributed by atoms with Crippen LogP contribution >= 0.6 is 0 Å². The topological polar surface area (TPSA) is 138 Å². The Labute approximate surface area is 179 Å². The summed E-state index contributed by atoms with van der Waals surface area (Å²) in [5, 5.41) is 49.5. The van der Waals surface area contributed by atoms with Crippen LogP contribution in [0.5, 0.6) is 23.0 Å². The van der Waals surface area contributed by atoms with E-state index in [4.69, 9.17) is 18.9 Å². The Morgan fingerprint density at radius 1 is 1.00 bits per heavy atom. The summed E-state index contributed by atoms with van der Waals surface area (Å²) >= 11 is 0. The Morgan fingerprint density at radius 2 is 1.77 bits per heavy atom. The van der Waals surface area contributed by atoms with Crippen molar-refractivity contribution in [1.29, 1.82) is 0 Å². The molecule has 0 spiro atoms. The van der Waals surface area contributed by atoms with Gasteiger partial charge in [0, 0.05) is 23.6 Å². The molecule has 6 atom stereocenters. The van der Waals surface area contributed by atoms with Crippen LogP contribution in [-0.4, -0.2) is 76.6 Å². The third-order valence-corrected chi connectivity index (χ3v) is 5.72. The molecule has 0 bridgehead atoms. The predicted octanol–water partition coefficient (Wildman–Crippen LogP) is 0.298. The number of phenolic OH excluding ortho intramolecular Hbond substituents is 1. The van der Waals surface area contributed by atoms with E-state index in [1.54, 1.807) is 24.3 Å². The monoisotopic (exact) mass is 434 g/mol. The van der Waals surface area contributed by atoms with Crippen molar-refractivity contribution in [3.8, 4) is 23.0 Å². The van der Waals surface area contributed by atoms with E-state index in [0.29, 0.717) is 30.3 Å². The molecule has 0 radical (unpaired) electrons. The summed E-state index contributed by atoms with van der Waals surface area (Å²) in [7, 11) is 1.54. The fourth-order valence-corrected chi connectivity index (χ4v) is 3.92. The summed E-state index contributed by atoms with van der Waals surface area (Å²) in [6.45, 7) is -0.173. The molecule has 9 heteroatoms. The minimum absolute atomic E-state index is 0.0318. The quantitative estimate of drug-likeness (QED) is 0.450. The van der Waals surface area contributed by atoms with E-state index < -0.39 is 37.3 Å². The van der Waals surface area contributed by atoms with Crippen molar-refractivity contribution in [2.45, 2.75) is 43.0 Å². The van der Waals surface area contributed by atoms with Gasteiger partial charge in [0.25, 0.3) is 0 Å². The van der Waals surface area contributed by atoms with E-state index in [0.717, 1.165) is 11.1 Å². The lowest BCUT2D eigenvalue weighted by atomic mass is 9.89. The molecule has 168 valence electrons. The van der Waals surface area contributed by atoms with Crippen molar-refractivity contribution in [2.24, 2.45) is 0 Å². The number of methoxy groups -OCH3 is 1. The fraction of sp³-hybridized carbons (Fsp3) is 0.455. The van der Waals surface area contributed by atoms with Crippen LogP contribution in [0.3, 0.4) is 0 Å². The average molecular weight is 434 g/mol.